The summed E-state index contributed by atoms with van der Waals surface area (Å²) in [5.41, 5.74) is 36.9. The molecule has 0 aliphatic rings. The fraction of sp³-hybridized carbons (Fsp3) is 0. The molecule has 0 N–H and O–H groups in total. The Bertz CT molecular complexity index is 9060. The largest absolute Gasteiger partial charge is 0.264 e. The molecule has 28 rings (SSSR count). The van der Waals surface area contributed by atoms with Crippen LogP contribution in [0.1, 0.15) is 0 Å². The van der Waals surface area contributed by atoms with E-state index >= 15 is 0 Å². The lowest BCUT2D eigenvalue weighted by Crippen LogP contribution is -1.92. The van der Waals surface area contributed by atoms with Gasteiger partial charge in [0.1, 0.15) is 0 Å². The molecule has 0 amide bonds. The van der Waals surface area contributed by atoms with Gasteiger partial charge in [-0.1, -0.05) is 425 Å². The Morgan fingerprint density at radius 3 is 0.493 bits per heavy atom. The van der Waals surface area contributed by atoms with Gasteiger partial charge in [0, 0.05) is 117 Å². The fourth-order valence-electron chi connectivity index (χ4n) is 21.6. The van der Waals surface area contributed by atoms with E-state index < -0.39 is 0 Å². The summed E-state index contributed by atoms with van der Waals surface area (Å²) in [6, 6.07) is 186. The van der Waals surface area contributed by atoms with Crippen LogP contribution in [0, 0.1) is 0 Å². The Kier molecular flexibility index (Phi) is 21.9. The number of rotatable bonds is 13. The number of benzene rings is 23. The molecular weight excluding hydrogens is 1740 g/mol. The van der Waals surface area contributed by atoms with Crippen LogP contribution in [0.25, 0.3) is 275 Å². The van der Waals surface area contributed by atoms with Crippen molar-refractivity contribution in [3.05, 3.63) is 540 Å². The number of aromatic nitrogens is 5. The second-order valence-electron chi connectivity index (χ2n) is 37.2. The van der Waals surface area contributed by atoms with E-state index in [1.165, 1.54) is 181 Å². The van der Waals surface area contributed by atoms with E-state index in [1.54, 1.807) is 0 Å². The molecule has 0 unspecified atom stereocenters. The first-order chi connectivity index (χ1) is 71.4. The van der Waals surface area contributed by atoms with Crippen LogP contribution in [0.5, 0.6) is 0 Å². The monoisotopic (exact) mass is 1830 g/mol. The van der Waals surface area contributed by atoms with Crippen molar-refractivity contribution in [1.29, 1.82) is 0 Å². The Morgan fingerprint density at radius 1 is 0.104 bits per heavy atom. The van der Waals surface area contributed by atoms with Gasteiger partial charge in [0.05, 0.1) is 33.1 Å². The van der Waals surface area contributed by atoms with Crippen molar-refractivity contribution in [2.45, 2.75) is 0 Å². The first-order valence-electron chi connectivity index (χ1n) is 49.2. The van der Waals surface area contributed by atoms with Gasteiger partial charge in [-0.3, -0.25) is 9.97 Å². The minimum absolute atomic E-state index is 1.03. The van der Waals surface area contributed by atoms with Crippen molar-refractivity contribution in [3.8, 4) is 145 Å². The Labute approximate surface area is 834 Å². The van der Waals surface area contributed by atoms with E-state index in [4.69, 9.17) is 15.0 Å². The van der Waals surface area contributed by atoms with Crippen molar-refractivity contribution >= 4 is 130 Å². The Morgan fingerprint density at radius 2 is 0.271 bits per heavy atom. The van der Waals surface area contributed by atoms with Crippen molar-refractivity contribution in [3.63, 3.8) is 0 Å². The summed E-state index contributed by atoms with van der Waals surface area (Å²) < 4.78 is 0. The summed E-state index contributed by atoms with van der Waals surface area (Å²) in [7, 11) is 0. The number of pyridine rings is 5. The van der Waals surface area contributed by atoms with Gasteiger partial charge in [0.2, 0.25) is 0 Å². The lowest BCUT2D eigenvalue weighted by atomic mass is 9.89. The zero-order valence-corrected chi connectivity index (χ0v) is 78.6. The molecule has 144 heavy (non-hydrogen) atoms. The average molecular weight is 1830 g/mol. The highest BCUT2D eigenvalue weighted by atomic mass is 14.7. The molecule has 5 heterocycles. The number of fused-ring (bicyclic) bond motifs is 18. The van der Waals surface area contributed by atoms with Crippen LogP contribution in [0.3, 0.4) is 0 Å². The van der Waals surface area contributed by atoms with Crippen molar-refractivity contribution in [2.24, 2.45) is 0 Å². The molecule has 5 nitrogen and oxygen atoms in total. The quantitative estimate of drug-likeness (QED) is 0.0850. The molecule has 0 saturated heterocycles. The maximum Gasteiger partial charge on any atom is 0.0794 e. The fourth-order valence-corrected chi connectivity index (χ4v) is 21.6. The zero-order valence-electron chi connectivity index (χ0n) is 78.6. The van der Waals surface area contributed by atoms with Gasteiger partial charge in [0.25, 0.3) is 0 Å². The smallest absolute Gasteiger partial charge is 0.0794 e. The molecule has 0 fully saturated rings. The summed E-state index contributed by atoms with van der Waals surface area (Å²) in [6.07, 6.45) is 7.47. The summed E-state index contributed by atoms with van der Waals surface area (Å²) >= 11 is 0. The van der Waals surface area contributed by atoms with Crippen molar-refractivity contribution < 1.29 is 0 Å². The molecule has 28 aromatic rings. The van der Waals surface area contributed by atoms with E-state index in [-0.39, 0.29) is 0 Å². The third kappa shape index (κ3) is 16.1. The molecule has 0 spiro atoms. The Hall–Kier alpha value is -19.1. The zero-order chi connectivity index (χ0) is 95.3. The van der Waals surface area contributed by atoms with E-state index in [9.17, 15) is 0 Å². The number of nitrogens with zero attached hydrogens (tertiary/aromatic N) is 5. The van der Waals surface area contributed by atoms with E-state index in [2.05, 4.69) is 513 Å². The molecule has 0 atom stereocenters. The van der Waals surface area contributed by atoms with Gasteiger partial charge in [-0.2, -0.15) is 0 Å². The van der Waals surface area contributed by atoms with Gasteiger partial charge in [0.15, 0.2) is 0 Å². The number of hydrogen-bond donors (Lipinski definition) is 0. The highest BCUT2D eigenvalue weighted by molar-refractivity contribution is 6.25. The van der Waals surface area contributed by atoms with Crippen LogP contribution in [0.4, 0.5) is 0 Å². The highest BCUT2D eigenvalue weighted by Gasteiger charge is 2.23. The van der Waals surface area contributed by atoms with Crippen LogP contribution < -0.4 is 0 Å². The molecule has 23 aromatic carbocycles. The SMILES string of the molecule is c1ccc(-c2cc(-c3ccccc3)cc(-c3cccc(-c4c5ccc6ccccc6c5nc5c4ccc4ccccc45)c3)c2)cc1.c1ccc(-c2cc(-c3ccccc3)cc(-c3cccc(-c4cccc(-c5c6ccc7ccccc7c6nc6c5ccc5ccccc56)c4)c3)c2)cc1.c1cncc(-c2cc(-c3cccnc3)cc(-c3cccc(-c4c5ccc6ccccc6c5nc5c4ccc4ccccc45)c3)c2)c1. The summed E-state index contributed by atoms with van der Waals surface area (Å²) in [5, 5.41) is 21.2. The van der Waals surface area contributed by atoms with E-state index in [0.29, 0.717) is 0 Å². The lowest BCUT2D eigenvalue weighted by Gasteiger charge is -2.16. The molecular formula is C139H89N5. The molecule has 0 bridgehead atoms. The van der Waals surface area contributed by atoms with E-state index in [0.717, 1.165) is 93.6 Å². The lowest BCUT2D eigenvalue weighted by molar-refractivity contribution is 1.32. The molecule has 5 heteroatoms. The van der Waals surface area contributed by atoms with Crippen LogP contribution >= 0.6 is 0 Å². The maximum atomic E-state index is 5.40. The molecule has 0 aliphatic carbocycles. The first-order valence-corrected chi connectivity index (χ1v) is 49.2. The molecule has 0 radical (unpaired) electrons. The summed E-state index contributed by atoms with van der Waals surface area (Å²) in [5.74, 6) is 0. The normalized spacial score (nSPS) is 11.5. The van der Waals surface area contributed by atoms with Crippen LogP contribution in [0.2, 0.25) is 0 Å². The molecule has 0 aliphatic heterocycles. The topological polar surface area (TPSA) is 64.5 Å². The molecule has 5 aromatic heterocycles. The number of hydrogen-bond acceptors (Lipinski definition) is 5. The Balaban J connectivity index is 0.000000110. The third-order valence-corrected chi connectivity index (χ3v) is 28.6. The van der Waals surface area contributed by atoms with Gasteiger partial charge in [-0.15, -0.1) is 0 Å². The van der Waals surface area contributed by atoms with Crippen LogP contribution in [-0.2, 0) is 0 Å². The third-order valence-electron chi connectivity index (χ3n) is 28.6. The van der Waals surface area contributed by atoms with Crippen molar-refractivity contribution in [1.82, 2.24) is 24.9 Å². The van der Waals surface area contributed by atoms with Gasteiger partial charge in [-0.05, 0) is 240 Å². The second kappa shape index (κ2) is 37.0. The predicted molar refractivity (Wildman–Crippen MR) is 609 cm³/mol. The molecule has 670 valence electrons. The van der Waals surface area contributed by atoms with Gasteiger partial charge >= 0.3 is 0 Å². The van der Waals surface area contributed by atoms with Gasteiger partial charge < -0.3 is 0 Å². The van der Waals surface area contributed by atoms with E-state index in [1.807, 2.05) is 36.9 Å². The highest BCUT2D eigenvalue weighted by Crippen LogP contribution is 2.48. The minimum Gasteiger partial charge on any atom is -0.264 e. The predicted octanol–water partition coefficient (Wildman–Crippen LogP) is 37.5. The summed E-state index contributed by atoms with van der Waals surface area (Å²) in [4.78, 5) is 25.0. The summed E-state index contributed by atoms with van der Waals surface area (Å²) in [6.45, 7) is 0. The maximum absolute atomic E-state index is 5.40. The average Bonchev–Trinajstić information content (AvgIpc) is 0.736. The first kappa shape index (κ1) is 85.4. The van der Waals surface area contributed by atoms with Gasteiger partial charge in [-0.25, -0.2) is 15.0 Å². The molecule has 0 saturated carbocycles. The standard InChI is InChI=1S/C51H33N.C45H29N.C43H27N3/c1-3-13-34(14-4-1)42-31-43(35-15-5-2-6-16-35)33-44(32-42)40-21-11-19-38(29-40)39-20-12-22-41(30-39)49-47-27-25-36-17-7-9-23-45(36)50(47)52-51-46-24-10-8-18-37(46)26-28-48(49)51;1-3-12-30(13-4-1)36-27-37(31-14-5-2-6-15-31)29-38(28-36)34-18-11-19-35(26-34)43-41-24-22-32-16-7-9-20-39(32)44(41)46-45-40-21-10-8-17-33(40)23-25-42(43)45;1-3-14-37-28(8-1)16-18-39-41(40-19-17-29-9-2-4-15-38(29)43(40)46-42(37)39)31-11-5-10-30(22-31)34-23-35(32-12-6-20-44-26-32)25-36(24-34)33-13-7-21-45-27-33/h1-33H;1-29H;1-27H. The second-order valence-corrected chi connectivity index (χ2v) is 37.2. The minimum atomic E-state index is 1.03. The van der Waals surface area contributed by atoms with Crippen molar-refractivity contribution in [2.75, 3.05) is 0 Å². The van der Waals surface area contributed by atoms with Crippen LogP contribution in [0.15, 0.2) is 540 Å². The van der Waals surface area contributed by atoms with Crippen LogP contribution in [-0.4, -0.2) is 24.9 Å².